The van der Waals surface area contributed by atoms with E-state index in [0.717, 1.165) is 56.7 Å². The molecule has 3 fully saturated rings. The van der Waals surface area contributed by atoms with Crippen molar-refractivity contribution in [2.75, 3.05) is 65.3 Å². The van der Waals surface area contributed by atoms with Crippen molar-refractivity contribution < 1.29 is 14.3 Å². The van der Waals surface area contributed by atoms with Crippen molar-refractivity contribution in [1.82, 2.24) is 14.7 Å². The van der Waals surface area contributed by atoms with Gasteiger partial charge in [-0.3, -0.25) is 9.69 Å². The molecule has 0 bridgehead atoms. The SMILES string of the molecule is COCCN1CC2(CCN(C(=O)Nc3cccc(C)c3)CC2)C2(CCN(C)C2=O)C1. The number of rotatable bonds is 4. The Morgan fingerprint density at radius 3 is 2.57 bits per heavy atom. The van der Waals surface area contributed by atoms with Gasteiger partial charge in [0.15, 0.2) is 0 Å². The number of hydrogen-bond acceptors (Lipinski definition) is 4. The Hall–Kier alpha value is -2.12. The van der Waals surface area contributed by atoms with E-state index in [2.05, 4.69) is 10.2 Å². The lowest BCUT2D eigenvalue weighted by Crippen LogP contribution is -2.54. The van der Waals surface area contributed by atoms with Gasteiger partial charge in [0.2, 0.25) is 5.91 Å². The average molecular weight is 415 g/mol. The lowest BCUT2D eigenvalue weighted by atomic mass is 9.60. The number of hydrogen-bond donors (Lipinski definition) is 1. The minimum Gasteiger partial charge on any atom is -0.383 e. The van der Waals surface area contributed by atoms with Crippen LogP contribution in [0.4, 0.5) is 10.5 Å². The Balaban J connectivity index is 1.47. The van der Waals surface area contributed by atoms with Gasteiger partial charge in [0, 0.05) is 64.5 Å². The monoisotopic (exact) mass is 414 g/mol. The van der Waals surface area contributed by atoms with Crippen LogP contribution in [0.3, 0.4) is 0 Å². The Morgan fingerprint density at radius 1 is 1.17 bits per heavy atom. The van der Waals surface area contributed by atoms with E-state index in [1.165, 1.54) is 0 Å². The summed E-state index contributed by atoms with van der Waals surface area (Å²) in [7, 11) is 3.65. The second-order valence-corrected chi connectivity index (χ2v) is 9.33. The second-order valence-electron chi connectivity index (χ2n) is 9.33. The van der Waals surface area contributed by atoms with Crippen molar-refractivity contribution in [1.29, 1.82) is 0 Å². The number of amides is 3. The summed E-state index contributed by atoms with van der Waals surface area (Å²) in [6.07, 6.45) is 2.66. The molecule has 3 heterocycles. The maximum Gasteiger partial charge on any atom is 0.321 e. The summed E-state index contributed by atoms with van der Waals surface area (Å²) in [6, 6.07) is 7.83. The fraction of sp³-hybridized carbons (Fsp3) is 0.652. The van der Waals surface area contributed by atoms with Crippen LogP contribution in [0.5, 0.6) is 0 Å². The number of carbonyl (C=O) groups excluding carboxylic acids is 2. The van der Waals surface area contributed by atoms with Crippen LogP contribution in [-0.2, 0) is 9.53 Å². The highest BCUT2D eigenvalue weighted by Crippen LogP contribution is 2.57. The molecule has 3 aliphatic rings. The van der Waals surface area contributed by atoms with Crippen LogP contribution in [0.1, 0.15) is 24.8 Å². The lowest BCUT2D eigenvalue weighted by Gasteiger charge is -2.46. The van der Waals surface area contributed by atoms with Gasteiger partial charge < -0.3 is 19.9 Å². The van der Waals surface area contributed by atoms with Crippen LogP contribution < -0.4 is 5.32 Å². The predicted octanol–water partition coefficient (Wildman–Crippen LogP) is 2.42. The number of nitrogens with zero attached hydrogens (tertiary/aromatic N) is 3. The molecule has 1 aromatic rings. The summed E-state index contributed by atoms with van der Waals surface area (Å²) < 4.78 is 5.29. The van der Waals surface area contributed by atoms with Crippen molar-refractivity contribution in [3.63, 3.8) is 0 Å². The second kappa shape index (κ2) is 8.19. The van der Waals surface area contributed by atoms with Crippen molar-refractivity contribution in [2.45, 2.75) is 26.2 Å². The van der Waals surface area contributed by atoms with E-state index in [9.17, 15) is 9.59 Å². The van der Waals surface area contributed by atoms with E-state index in [1.54, 1.807) is 7.11 Å². The Morgan fingerprint density at radius 2 is 1.93 bits per heavy atom. The molecule has 0 aliphatic carbocycles. The summed E-state index contributed by atoms with van der Waals surface area (Å²) in [5.41, 5.74) is 1.59. The first-order chi connectivity index (χ1) is 14.4. The summed E-state index contributed by atoms with van der Waals surface area (Å²) in [5.74, 6) is 0.292. The van der Waals surface area contributed by atoms with Gasteiger partial charge in [0.1, 0.15) is 0 Å². The third-order valence-electron chi connectivity index (χ3n) is 7.55. The van der Waals surface area contributed by atoms with Crippen LogP contribution in [0.15, 0.2) is 24.3 Å². The summed E-state index contributed by atoms with van der Waals surface area (Å²) in [5, 5.41) is 3.03. The highest BCUT2D eigenvalue weighted by Gasteiger charge is 2.64. The maximum absolute atomic E-state index is 13.3. The van der Waals surface area contributed by atoms with Gasteiger partial charge in [-0.2, -0.15) is 0 Å². The fourth-order valence-corrected chi connectivity index (χ4v) is 5.83. The Kier molecular flexibility index (Phi) is 5.77. The molecular weight excluding hydrogens is 380 g/mol. The minimum absolute atomic E-state index is 0.0476. The molecule has 3 amide bonds. The van der Waals surface area contributed by atoms with Crippen LogP contribution in [0.2, 0.25) is 0 Å². The van der Waals surface area contributed by atoms with E-state index in [-0.39, 0.29) is 16.9 Å². The van der Waals surface area contributed by atoms with Crippen LogP contribution in [-0.4, -0.2) is 86.7 Å². The van der Waals surface area contributed by atoms with Gasteiger partial charge in [0.05, 0.1) is 12.0 Å². The molecule has 1 aromatic carbocycles. The average Bonchev–Trinajstić information content (AvgIpc) is 3.19. The maximum atomic E-state index is 13.3. The van der Waals surface area contributed by atoms with Gasteiger partial charge in [-0.15, -0.1) is 0 Å². The molecular formula is C23H34N4O3. The van der Waals surface area contributed by atoms with Crippen LogP contribution in [0.25, 0.3) is 0 Å². The van der Waals surface area contributed by atoms with E-state index >= 15 is 0 Å². The molecule has 1 N–H and O–H groups in total. The minimum atomic E-state index is -0.311. The zero-order valence-electron chi connectivity index (χ0n) is 18.4. The summed E-state index contributed by atoms with van der Waals surface area (Å²) in [4.78, 5) is 32.3. The van der Waals surface area contributed by atoms with Crippen LogP contribution >= 0.6 is 0 Å². The first kappa shape index (κ1) is 21.1. The molecule has 4 rings (SSSR count). The van der Waals surface area contributed by atoms with Gasteiger partial charge in [-0.1, -0.05) is 12.1 Å². The quantitative estimate of drug-likeness (QED) is 0.822. The number of methoxy groups -OCH3 is 1. The highest BCUT2D eigenvalue weighted by molar-refractivity contribution is 5.90. The topological polar surface area (TPSA) is 65.1 Å². The third-order valence-corrected chi connectivity index (χ3v) is 7.55. The molecule has 3 aliphatic heterocycles. The molecule has 0 saturated carbocycles. The van der Waals surface area contributed by atoms with Gasteiger partial charge in [-0.05, 0) is 43.9 Å². The van der Waals surface area contributed by atoms with E-state index in [1.807, 2.05) is 48.0 Å². The number of nitrogens with one attached hydrogen (secondary N) is 1. The normalized spacial score (nSPS) is 26.2. The smallest absolute Gasteiger partial charge is 0.321 e. The van der Waals surface area contributed by atoms with E-state index in [4.69, 9.17) is 4.74 Å². The van der Waals surface area contributed by atoms with E-state index in [0.29, 0.717) is 25.6 Å². The molecule has 30 heavy (non-hydrogen) atoms. The standard InChI is InChI=1S/C23H34N4O3/c1-18-5-4-6-19(15-18)24-21(29)27-11-7-22(8-12-27)16-26(13-14-30-3)17-23(22)9-10-25(2)20(23)28/h4-6,15H,7-14,16-17H2,1-3H3,(H,24,29). The molecule has 2 spiro atoms. The zero-order chi connectivity index (χ0) is 21.4. The van der Waals surface area contributed by atoms with Crippen molar-refractivity contribution in [3.05, 3.63) is 29.8 Å². The van der Waals surface area contributed by atoms with Crippen molar-refractivity contribution in [2.24, 2.45) is 10.8 Å². The number of anilines is 1. The summed E-state index contributed by atoms with van der Waals surface area (Å²) in [6.45, 7) is 7.50. The number of aryl methyl sites for hydroxylation is 1. The lowest BCUT2D eigenvalue weighted by molar-refractivity contribution is -0.141. The summed E-state index contributed by atoms with van der Waals surface area (Å²) >= 11 is 0. The number of fused-ring (bicyclic) bond motifs is 1. The number of piperidine rings is 1. The molecule has 0 aromatic heterocycles. The molecule has 1 atom stereocenters. The Labute approximate surface area is 179 Å². The predicted molar refractivity (Wildman–Crippen MR) is 116 cm³/mol. The van der Waals surface area contributed by atoms with Gasteiger partial charge in [0.25, 0.3) is 0 Å². The van der Waals surface area contributed by atoms with Crippen molar-refractivity contribution in [3.8, 4) is 0 Å². The highest BCUT2D eigenvalue weighted by atomic mass is 16.5. The molecule has 3 saturated heterocycles. The van der Waals surface area contributed by atoms with Gasteiger partial charge in [-0.25, -0.2) is 4.79 Å². The zero-order valence-corrected chi connectivity index (χ0v) is 18.4. The van der Waals surface area contributed by atoms with Crippen molar-refractivity contribution >= 4 is 17.6 Å². The Bertz CT molecular complexity index is 805. The van der Waals surface area contributed by atoms with Gasteiger partial charge >= 0.3 is 6.03 Å². The largest absolute Gasteiger partial charge is 0.383 e. The number of urea groups is 1. The van der Waals surface area contributed by atoms with Crippen LogP contribution in [0, 0.1) is 17.8 Å². The van der Waals surface area contributed by atoms with E-state index < -0.39 is 0 Å². The first-order valence-electron chi connectivity index (χ1n) is 11.0. The molecule has 7 heteroatoms. The number of ether oxygens (including phenoxy) is 1. The third kappa shape index (κ3) is 3.58. The molecule has 164 valence electrons. The number of benzene rings is 1. The first-order valence-corrected chi connectivity index (χ1v) is 11.0. The number of likely N-dealkylation sites (tertiary alicyclic amines) is 3. The fourth-order valence-electron chi connectivity index (χ4n) is 5.83. The molecule has 7 nitrogen and oxygen atoms in total. The molecule has 0 radical (unpaired) electrons. The molecule has 1 unspecified atom stereocenters. The number of carbonyl (C=O) groups is 2.